The minimum atomic E-state index is -0.235. The van der Waals surface area contributed by atoms with Crippen LogP contribution >= 0.6 is 0 Å². The molecule has 3 nitrogen and oxygen atoms in total. The van der Waals surface area contributed by atoms with E-state index in [0.29, 0.717) is 23.5 Å². The summed E-state index contributed by atoms with van der Waals surface area (Å²) >= 11 is 0. The van der Waals surface area contributed by atoms with Crippen molar-refractivity contribution in [2.45, 2.75) is 32.3 Å². The Balaban J connectivity index is 2.58. The molecule has 0 amide bonds. The zero-order valence-corrected chi connectivity index (χ0v) is 8.66. The number of carbonyl (C=O) groups is 1. The molecule has 0 bridgehead atoms. The maximum absolute atomic E-state index is 11.6. The number of rotatable bonds is 1. The van der Waals surface area contributed by atoms with Crippen molar-refractivity contribution in [1.29, 1.82) is 0 Å². The molecule has 1 aliphatic rings. The molecule has 15 heavy (non-hydrogen) atoms. The number of hydrogen-bond donors (Lipinski definition) is 2. The van der Waals surface area contributed by atoms with E-state index in [4.69, 9.17) is 5.11 Å². The molecular formula is C12H14O3. The third-order valence-corrected chi connectivity index (χ3v) is 3.06. The van der Waals surface area contributed by atoms with Gasteiger partial charge in [-0.1, -0.05) is 6.92 Å². The van der Waals surface area contributed by atoms with E-state index in [9.17, 15) is 9.90 Å². The third-order valence-electron chi connectivity index (χ3n) is 3.06. The number of Topliss-reactive ketones (excluding diaryl/α,β-unsaturated/α-hetero) is 1. The van der Waals surface area contributed by atoms with Crippen molar-refractivity contribution in [2.75, 3.05) is 0 Å². The third kappa shape index (κ3) is 1.63. The van der Waals surface area contributed by atoms with Gasteiger partial charge < -0.3 is 10.2 Å². The fourth-order valence-electron chi connectivity index (χ4n) is 2.06. The maximum atomic E-state index is 11.6. The van der Waals surface area contributed by atoms with Crippen LogP contribution in [0.15, 0.2) is 12.1 Å². The highest BCUT2D eigenvalue weighted by Crippen LogP contribution is 2.35. The second-order valence-electron chi connectivity index (χ2n) is 4.09. The van der Waals surface area contributed by atoms with Crippen molar-refractivity contribution < 1.29 is 15.0 Å². The van der Waals surface area contributed by atoms with Gasteiger partial charge in [0.15, 0.2) is 5.78 Å². The number of hydrogen-bond acceptors (Lipinski definition) is 3. The van der Waals surface area contributed by atoms with Crippen LogP contribution < -0.4 is 0 Å². The minimum absolute atomic E-state index is 0.0813. The Bertz CT molecular complexity index is 410. The average Bonchev–Trinajstić information content (AvgIpc) is 2.23. The van der Waals surface area contributed by atoms with Crippen LogP contribution in [-0.4, -0.2) is 16.0 Å². The van der Waals surface area contributed by atoms with Crippen molar-refractivity contribution in [3.8, 4) is 5.75 Å². The summed E-state index contributed by atoms with van der Waals surface area (Å²) in [5.74, 6) is 0.493. The summed E-state index contributed by atoms with van der Waals surface area (Å²) in [7, 11) is 0. The lowest BCUT2D eigenvalue weighted by Gasteiger charge is -2.22. The first kappa shape index (κ1) is 10.2. The molecule has 1 atom stereocenters. The lowest BCUT2D eigenvalue weighted by Crippen LogP contribution is -2.14. The van der Waals surface area contributed by atoms with Gasteiger partial charge in [0.05, 0.1) is 6.61 Å². The molecule has 0 aromatic heterocycles. The lowest BCUT2D eigenvalue weighted by molar-refractivity contribution is 0.0967. The van der Waals surface area contributed by atoms with E-state index in [2.05, 4.69) is 0 Å². The summed E-state index contributed by atoms with van der Waals surface area (Å²) < 4.78 is 0. The Morgan fingerprint density at radius 1 is 1.47 bits per heavy atom. The Morgan fingerprint density at radius 3 is 2.87 bits per heavy atom. The Hall–Kier alpha value is -1.35. The van der Waals surface area contributed by atoms with Crippen molar-refractivity contribution in [1.82, 2.24) is 0 Å². The van der Waals surface area contributed by atoms with Gasteiger partial charge in [0.1, 0.15) is 5.75 Å². The van der Waals surface area contributed by atoms with E-state index in [-0.39, 0.29) is 18.1 Å². The maximum Gasteiger partial charge on any atom is 0.163 e. The zero-order valence-electron chi connectivity index (χ0n) is 8.66. The fourth-order valence-corrected chi connectivity index (χ4v) is 2.06. The van der Waals surface area contributed by atoms with Crippen LogP contribution in [0.5, 0.6) is 5.75 Å². The highest BCUT2D eigenvalue weighted by Gasteiger charge is 2.24. The molecule has 0 heterocycles. The lowest BCUT2D eigenvalue weighted by atomic mass is 9.82. The van der Waals surface area contributed by atoms with E-state index in [1.165, 1.54) is 0 Å². The van der Waals surface area contributed by atoms with Gasteiger partial charge in [-0.25, -0.2) is 0 Å². The molecule has 1 aliphatic carbocycles. The molecule has 2 rings (SSSR count). The molecule has 0 fully saturated rings. The number of ketones is 1. The van der Waals surface area contributed by atoms with Gasteiger partial charge >= 0.3 is 0 Å². The molecule has 0 saturated heterocycles. The topological polar surface area (TPSA) is 57.5 Å². The molecule has 0 spiro atoms. The average molecular weight is 206 g/mol. The first-order chi connectivity index (χ1) is 7.13. The summed E-state index contributed by atoms with van der Waals surface area (Å²) in [6.45, 7) is 1.81. The smallest absolute Gasteiger partial charge is 0.163 e. The normalized spacial score (nSPS) is 20.1. The second-order valence-corrected chi connectivity index (χ2v) is 4.09. The van der Waals surface area contributed by atoms with Crippen LogP contribution in [0, 0.1) is 0 Å². The fraction of sp³-hybridized carbons (Fsp3) is 0.417. The van der Waals surface area contributed by atoms with Crippen molar-refractivity contribution >= 4 is 5.78 Å². The standard InChI is InChI=1S/C12H14O3/c1-7-2-3-11(14)10-4-8(6-13)12(15)5-9(7)10/h4-5,7,13,15H,2-3,6H2,1H3. The van der Waals surface area contributed by atoms with E-state index >= 15 is 0 Å². The SMILES string of the molecule is CC1CCC(=O)c2cc(CO)c(O)cc21. The van der Waals surface area contributed by atoms with E-state index in [1.54, 1.807) is 12.1 Å². The monoisotopic (exact) mass is 206 g/mol. The van der Waals surface area contributed by atoms with Crippen molar-refractivity contribution in [3.05, 3.63) is 28.8 Å². The largest absolute Gasteiger partial charge is 0.508 e. The van der Waals surface area contributed by atoms with E-state index in [0.717, 1.165) is 12.0 Å². The van der Waals surface area contributed by atoms with Crippen LogP contribution in [0.3, 0.4) is 0 Å². The number of aromatic hydroxyl groups is 1. The van der Waals surface area contributed by atoms with Gasteiger partial charge in [-0.05, 0) is 30.0 Å². The Kier molecular flexibility index (Phi) is 2.49. The van der Waals surface area contributed by atoms with E-state index < -0.39 is 0 Å². The molecule has 80 valence electrons. The summed E-state index contributed by atoms with van der Waals surface area (Å²) in [4.78, 5) is 11.6. The van der Waals surface area contributed by atoms with Gasteiger partial charge in [0.25, 0.3) is 0 Å². The number of phenols is 1. The summed E-state index contributed by atoms with van der Waals surface area (Å²) in [5.41, 5.74) is 1.99. The van der Waals surface area contributed by atoms with Gasteiger partial charge in [-0.15, -0.1) is 0 Å². The molecule has 0 radical (unpaired) electrons. The van der Waals surface area contributed by atoms with Crippen LogP contribution in [0.25, 0.3) is 0 Å². The Morgan fingerprint density at radius 2 is 2.20 bits per heavy atom. The molecule has 3 heteroatoms. The number of aliphatic hydroxyl groups excluding tert-OH is 1. The minimum Gasteiger partial charge on any atom is -0.508 e. The number of benzene rings is 1. The second kappa shape index (κ2) is 3.66. The summed E-state index contributed by atoms with van der Waals surface area (Å²) in [6, 6.07) is 3.23. The first-order valence-corrected chi connectivity index (χ1v) is 5.13. The quantitative estimate of drug-likeness (QED) is 0.738. The van der Waals surface area contributed by atoms with Gasteiger partial charge in [0, 0.05) is 17.5 Å². The predicted octanol–water partition coefficient (Wildman–Crippen LogP) is 1.96. The molecule has 1 aromatic carbocycles. The predicted molar refractivity (Wildman–Crippen MR) is 56.0 cm³/mol. The highest BCUT2D eigenvalue weighted by atomic mass is 16.3. The molecule has 0 aliphatic heterocycles. The number of aliphatic hydroxyl groups is 1. The van der Waals surface area contributed by atoms with Gasteiger partial charge in [0.2, 0.25) is 0 Å². The highest BCUT2D eigenvalue weighted by molar-refractivity contribution is 5.99. The van der Waals surface area contributed by atoms with Crippen LogP contribution in [0.4, 0.5) is 0 Å². The molecular weight excluding hydrogens is 192 g/mol. The summed E-state index contributed by atoms with van der Waals surface area (Å²) in [6.07, 6.45) is 1.40. The van der Waals surface area contributed by atoms with Crippen LogP contribution in [-0.2, 0) is 6.61 Å². The number of fused-ring (bicyclic) bond motifs is 1. The first-order valence-electron chi connectivity index (χ1n) is 5.13. The van der Waals surface area contributed by atoms with Crippen molar-refractivity contribution in [2.24, 2.45) is 0 Å². The number of carbonyl (C=O) groups excluding carboxylic acids is 1. The van der Waals surface area contributed by atoms with Crippen molar-refractivity contribution in [3.63, 3.8) is 0 Å². The summed E-state index contributed by atoms with van der Waals surface area (Å²) in [5, 5.41) is 18.6. The zero-order chi connectivity index (χ0) is 11.0. The van der Waals surface area contributed by atoms with Crippen LogP contribution in [0.2, 0.25) is 0 Å². The molecule has 0 saturated carbocycles. The molecule has 1 aromatic rings. The molecule has 1 unspecified atom stereocenters. The Labute approximate surface area is 88.4 Å². The van der Waals surface area contributed by atoms with E-state index in [1.807, 2.05) is 6.92 Å². The molecule has 2 N–H and O–H groups in total. The van der Waals surface area contributed by atoms with Gasteiger partial charge in [-0.3, -0.25) is 4.79 Å². The van der Waals surface area contributed by atoms with Gasteiger partial charge in [-0.2, -0.15) is 0 Å². The van der Waals surface area contributed by atoms with Crippen LogP contribution in [0.1, 0.15) is 47.2 Å².